The van der Waals surface area contributed by atoms with Gasteiger partial charge >= 0.3 is 0 Å². The zero-order valence-corrected chi connectivity index (χ0v) is 17.1. The molecule has 0 radical (unpaired) electrons. The van der Waals surface area contributed by atoms with E-state index in [4.69, 9.17) is 14.2 Å². The molecule has 6 nitrogen and oxygen atoms in total. The number of halogens is 1. The van der Waals surface area contributed by atoms with Crippen molar-refractivity contribution in [2.75, 3.05) is 20.3 Å². The smallest absolute Gasteiger partial charge is 0.275 e. The lowest BCUT2D eigenvalue weighted by atomic mass is 10.2. The lowest BCUT2D eigenvalue weighted by Crippen LogP contribution is -2.18. The van der Waals surface area contributed by atoms with Crippen LogP contribution in [0, 0.1) is 3.57 Å². The van der Waals surface area contributed by atoms with E-state index in [2.05, 4.69) is 33.1 Å². The number of hydrogen-bond acceptors (Lipinski definition) is 5. The number of para-hydroxylation sites is 1. The molecule has 0 fully saturated rings. The number of nitrogens with zero attached hydrogens (tertiary/aromatic N) is 1. The number of amides is 1. The standard InChI is InChI=1S/C19H21IN2O4/c1-4-25-17-11-13(10-15(20)18(17)26-5-2)12-21-22-19(23)14-8-6-7-9-16(14)24-3/h6-12H,4-5H2,1-3H3,(H,22,23)/b21-12-. The SMILES string of the molecule is CCOc1cc(/C=N\NC(=O)c2ccccc2OC)cc(I)c1OCC. The van der Waals surface area contributed by atoms with Crippen LogP contribution < -0.4 is 19.6 Å². The first-order valence-corrected chi connectivity index (χ1v) is 9.24. The van der Waals surface area contributed by atoms with Gasteiger partial charge in [-0.15, -0.1) is 0 Å². The predicted molar refractivity (Wildman–Crippen MR) is 110 cm³/mol. The van der Waals surface area contributed by atoms with E-state index >= 15 is 0 Å². The highest BCUT2D eigenvalue weighted by Crippen LogP contribution is 2.33. The normalized spacial score (nSPS) is 10.6. The maximum Gasteiger partial charge on any atom is 0.275 e. The summed E-state index contributed by atoms with van der Waals surface area (Å²) in [6, 6.07) is 10.7. The summed E-state index contributed by atoms with van der Waals surface area (Å²) in [5, 5.41) is 4.03. The summed E-state index contributed by atoms with van der Waals surface area (Å²) in [5.74, 6) is 1.52. The number of carbonyl (C=O) groups excluding carboxylic acids is 1. The lowest BCUT2D eigenvalue weighted by Gasteiger charge is -2.13. The molecule has 0 aromatic heterocycles. The van der Waals surface area contributed by atoms with Crippen LogP contribution in [-0.4, -0.2) is 32.4 Å². The molecule has 0 saturated carbocycles. The average molecular weight is 468 g/mol. The Kier molecular flexibility index (Phi) is 7.71. The fourth-order valence-corrected chi connectivity index (χ4v) is 3.05. The van der Waals surface area contributed by atoms with Crippen molar-refractivity contribution in [3.8, 4) is 17.2 Å². The molecule has 0 aliphatic heterocycles. The van der Waals surface area contributed by atoms with Crippen molar-refractivity contribution in [2.45, 2.75) is 13.8 Å². The minimum atomic E-state index is -0.343. The van der Waals surface area contributed by atoms with Gasteiger partial charge in [0.15, 0.2) is 11.5 Å². The number of carbonyl (C=O) groups is 1. The Balaban J connectivity index is 2.16. The van der Waals surface area contributed by atoms with Gasteiger partial charge in [0, 0.05) is 0 Å². The molecule has 26 heavy (non-hydrogen) atoms. The summed E-state index contributed by atoms with van der Waals surface area (Å²) in [4.78, 5) is 12.2. The third-order valence-corrected chi connectivity index (χ3v) is 4.15. The van der Waals surface area contributed by atoms with Gasteiger partial charge in [-0.2, -0.15) is 5.10 Å². The summed E-state index contributed by atoms with van der Waals surface area (Å²) < 4.78 is 17.4. The zero-order chi connectivity index (χ0) is 18.9. The second kappa shape index (κ2) is 10.0. The summed E-state index contributed by atoms with van der Waals surface area (Å²) >= 11 is 2.19. The topological polar surface area (TPSA) is 69.2 Å². The molecule has 0 saturated heterocycles. The van der Waals surface area contributed by atoms with Crippen LogP contribution >= 0.6 is 22.6 Å². The number of nitrogens with one attached hydrogen (secondary N) is 1. The van der Waals surface area contributed by atoms with Crippen molar-refractivity contribution in [1.29, 1.82) is 0 Å². The van der Waals surface area contributed by atoms with E-state index in [1.54, 1.807) is 30.5 Å². The van der Waals surface area contributed by atoms with Crippen molar-refractivity contribution >= 4 is 34.7 Å². The van der Waals surface area contributed by atoms with Crippen LogP contribution in [0.4, 0.5) is 0 Å². The minimum Gasteiger partial charge on any atom is -0.496 e. The highest BCUT2D eigenvalue weighted by atomic mass is 127. The molecule has 0 aliphatic carbocycles. The molecule has 0 aliphatic rings. The number of methoxy groups -OCH3 is 1. The number of rotatable bonds is 8. The monoisotopic (exact) mass is 468 g/mol. The third-order valence-electron chi connectivity index (χ3n) is 3.35. The Morgan fingerprint density at radius 2 is 1.88 bits per heavy atom. The van der Waals surface area contributed by atoms with Crippen LogP contribution in [0.3, 0.4) is 0 Å². The Morgan fingerprint density at radius 1 is 1.15 bits per heavy atom. The largest absolute Gasteiger partial charge is 0.496 e. The van der Waals surface area contributed by atoms with Crippen molar-refractivity contribution in [1.82, 2.24) is 5.43 Å². The van der Waals surface area contributed by atoms with Crippen LogP contribution in [0.2, 0.25) is 0 Å². The van der Waals surface area contributed by atoms with Gasteiger partial charge in [0.1, 0.15) is 5.75 Å². The van der Waals surface area contributed by atoms with E-state index in [-0.39, 0.29) is 5.91 Å². The average Bonchev–Trinajstić information content (AvgIpc) is 2.64. The van der Waals surface area contributed by atoms with Gasteiger partial charge in [-0.25, -0.2) is 5.43 Å². The maximum atomic E-state index is 12.2. The van der Waals surface area contributed by atoms with Gasteiger partial charge in [-0.05, 0) is 66.3 Å². The van der Waals surface area contributed by atoms with Crippen LogP contribution in [0.15, 0.2) is 41.5 Å². The van der Waals surface area contributed by atoms with Crippen molar-refractivity contribution in [2.24, 2.45) is 5.10 Å². The second-order valence-corrected chi connectivity index (χ2v) is 6.26. The molecule has 0 heterocycles. The molecule has 0 spiro atoms. The highest BCUT2D eigenvalue weighted by Gasteiger charge is 2.12. The van der Waals surface area contributed by atoms with E-state index in [0.717, 1.165) is 9.13 Å². The molecule has 0 unspecified atom stereocenters. The van der Waals surface area contributed by atoms with E-state index in [0.29, 0.717) is 36.0 Å². The molecule has 1 N–H and O–H groups in total. The van der Waals surface area contributed by atoms with Gasteiger partial charge in [0.2, 0.25) is 0 Å². The van der Waals surface area contributed by atoms with Crippen molar-refractivity contribution in [3.63, 3.8) is 0 Å². The van der Waals surface area contributed by atoms with Gasteiger partial charge in [-0.1, -0.05) is 12.1 Å². The molecule has 138 valence electrons. The Hall–Kier alpha value is -2.29. The molecule has 0 atom stereocenters. The Labute approximate surface area is 166 Å². The van der Waals surface area contributed by atoms with Crippen LogP contribution in [0.1, 0.15) is 29.8 Å². The highest BCUT2D eigenvalue weighted by molar-refractivity contribution is 14.1. The fraction of sp³-hybridized carbons (Fsp3) is 0.263. The summed E-state index contributed by atoms with van der Waals surface area (Å²) in [7, 11) is 1.52. The number of ether oxygens (including phenoxy) is 3. The van der Waals surface area contributed by atoms with E-state index in [9.17, 15) is 4.79 Å². The molecule has 1 amide bonds. The summed E-state index contributed by atoms with van der Waals surface area (Å²) in [5.41, 5.74) is 3.72. The first-order chi connectivity index (χ1) is 12.6. The quantitative estimate of drug-likeness (QED) is 0.363. The minimum absolute atomic E-state index is 0.343. The van der Waals surface area contributed by atoms with E-state index in [1.807, 2.05) is 26.0 Å². The van der Waals surface area contributed by atoms with Gasteiger partial charge in [0.25, 0.3) is 5.91 Å². The van der Waals surface area contributed by atoms with Crippen LogP contribution in [0.5, 0.6) is 17.2 Å². The van der Waals surface area contributed by atoms with Crippen LogP contribution in [-0.2, 0) is 0 Å². The lowest BCUT2D eigenvalue weighted by molar-refractivity contribution is 0.0952. The fourth-order valence-electron chi connectivity index (χ4n) is 2.27. The molecular formula is C19H21IN2O4. The van der Waals surface area contributed by atoms with Gasteiger partial charge in [0.05, 0.1) is 35.7 Å². The third kappa shape index (κ3) is 5.10. The van der Waals surface area contributed by atoms with Crippen molar-refractivity contribution in [3.05, 3.63) is 51.1 Å². The summed E-state index contributed by atoms with van der Waals surface area (Å²) in [6.45, 7) is 4.92. The molecule has 2 rings (SSSR count). The van der Waals surface area contributed by atoms with Crippen LogP contribution in [0.25, 0.3) is 0 Å². The summed E-state index contributed by atoms with van der Waals surface area (Å²) in [6.07, 6.45) is 1.56. The molecular weight excluding hydrogens is 447 g/mol. The maximum absolute atomic E-state index is 12.2. The number of hydrogen-bond donors (Lipinski definition) is 1. The van der Waals surface area contributed by atoms with Crippen molar-refractivity contribution < 1.29 is 19.0 Å². The molecule has 2 aromatic rings. The Morgan fingerprint density at radius 3 is 2.58 bits per heavy atom. The molecule has 7 heteroatoms. The van der Waals surface area contributed by atoms with Gasteiger partial charge < -0.3 is 14.2 Å². The first kappa shape index (κ1) is 20.0. The first-order valence-electron chi connectivity index (χ1n) is 8.16. The molecule has 0 bridgehead atoms. The Bertz CT molecular complexity index is 793. The number of benzene rings is 2. The zero-order valence-electron chi connectivity index (χ0n) is 14.9. The molecule has 2 aromatic carbocycles. The van der Waals surface area contributed by atoms with Gasteiger partial charge in [-0.3, -0.25) is 4.79 Å². The van der Waals surface area contributed by atoms with E-state index in [1.165, 1.54) is 7.11 Å². The predicted octanol–water partition coefficient (Wildman–Crippen LogP) is 3.86. The second-order valence-electron chi connectivity index (χ2n) is 5.10. The van der Waals surface area contributed by atoms with E-state index < -0.39 is 0 Å². The number of hydrazone groups is 1.